The van der Waals surface area contributed by atoms with Gasteiger partial charge in [0, 0.05) is 123 Å². The fraction of sp³-hybridized carbons (Fsp3) is 0.568. The van der Waals surface area contributed by atoms with Gasteiger partial charge in [0.05, 0.1) is 21.2 Å². The van der Waals surface area contributed by atoms with E-state index in [4.69, 9.17) is 39.6 Å². The Morgan fingerprint density at radius 3 is 1.35 bits per heavy atom. The van der Waals surface area contributed by atoms with Crippen molar-refractivity contribution in [3.05, 3.63) is 66.6 Å². The molecule has 0 aromatic carbocycles. The van der Waals surface area contributed by atoms with Crippen LogP contribution in [0, 0.1) is 24.7 Å². The van der Waals surface area contributed by atoms with Crippen LogP contribution in [0.4, 0.5) is 45.8 Å². The van der Waals surface area contributed by atoms with Gasteiger partial charge in [-0.2, -0.15) is 6.92 Å². The maximum absolute atomic E-state index is 11.0. The van der Waals surface area contributed by atoms with Crippen LogP contribution in [0.15, 0.2) is 36.8 Å². The predicted octanol–water partition coefficient (Wildman–Crippen LogP) is 6.51. The third-order valence-electron chi connectivity index (χ3n) is 8.16. The monoisotopic (exact) mass is 1400 g/mol. The number of hydrogen-bond acceptors (Lipinski definition) is 18. The molecule has 361 valence electrons. The molecular formula is C37H67ClI4N15O5V-. The molecule has 10 N–H and O–H groups in total. The first-order valence-corrected chi connectivity index (χ1v) is 23.2. The molecular weight excluding hydrogens is 1330 g/mol. The fourth-order valence-electron chi connectivity index (χ4n) is 5.04. The van der Waals surface area contributed by atoms with Crippen LogP contribution >= 0.6 is 102 Å². The van der Waals surface area contributed by atoms with E-state index >= 15 is 0 Å². The van der Waals surface area contributed by atoms with Crippen molar-refractivity contribution in [1.82, 2.24) is 35.0 Å². The third-order valence-corrected chi connectivity index (χ3v) is 8.44. The van der Waals surface area contributed by atoms with Crippen molar-refractivity contribution in [2.75, 3.05) is 140 Å². The zero-order valence-electron chi connectivity index (χ0n) is 35.2. The Balaban J connectivity index is -0.000000348. The Labute approximate surface area is 445 Å². The minimum Gasteiger partial charge on any atom is -0.400 e. The molecule has 3 aliphatic heterocycles. The van der Waals surface area contributed by atoms with Crippen LogP contribution in [0.3, 0.4) is 0 Å². The summed E-state index contributed by atoms with van der Waals surface area (Å²) in [5.41, 5.74) is 23.5. The second kappa shape index (κ2) is 37.7. The number of nitrogen functional groups attached to an aromatic ring is 4. The molecule has 20 nitrogen and oxygen atoms in total. The van der Waals surface area contributed by atoms with E-state index in [2.05, 4.69) is 151 Å². The summed E-state index contributed by atoms with van der Waals surface area (Å²) in [6.45, 7) is 16.1. The molecule has 63 heavy (non-hydrogen) atoms. The summed E-state index contributed by atoms with van der Waals surface area (Å²) in [5, 5.41) is 31.3. The van der Waals surface area contributed by atoms with Gasteiger partial charge in [-0.1, -0.05) is 94.2 Å². The molecule has 3 aliphatic rings. The molecule has 26 heteroatoms. The first-order chi connectivity index (χ1) is 28.2. The van der Waals surface area contributed by atoms with Gasteiger partial charge in [-0.3, -0.25) is 24.7 Å². The summed E-state index contributed by atoms with van der Waals surface area (Å²) in [6, 6.07) is 4.51. The second-order valence-corrected chi connectivity index (χ2v) is 27.2. The second-order valence-electron chi connectivity index (χ2n) is 12.9. The van der Waals surface area contributed by atoms with Gasteiger partial charge in [0.15, 0.2) is 5.82 Å². The summed E-state index contributed by atoms with van der Waals surface area (Å²) in [4.78, 5) is 42.9. The van der Waals surface area contributed by atoms with Crippen molar-refractivity contribution in [3.63, 3.8) is 0 Å². The summed E-state index contributed by atoms with van der Waals surface area (Å²) in [7, 11) is 7.30. The number of rotatable bonds is 4. The Morgan fingerprint density at radius 2 is 1.02 bits per heavy atom. The number of nitro groups is 2. The summed E-state index contributed by atoms with van der Waals surface area (Å²) >= 11 is 14.6. The smallest absolute Gasteiger partial charge is 0.334 e. The maximum Gasteiger partial charge on any atom is 0.334 e. The van der Waals surface area contributed by atoms with E-state index in [0.29, 0.717) is 16.6 Å². The van der Waals surface area contributed by atoms with E-state index in [-0.39, 0.29) is 61.3 Å². The van der Waals surface area contributed by atoms with Gasteiger partial charge in [0.2, 0.25) is 11.0 Å². The number of pyridine rings is 3. The fourth-order valence-corrected chi connectivity index (χ4v) is 5.27. The number of nitrogens with two attached hydrogens (primary N) is 4. The van der Waals surface area contributed by atoms with Crippen LogP contribution in [0.1, 0.15) is 28.7 Å². The van der Waals surface area contributed by atoms with Crippen LogP contribution in [0.2, 0.25) is 5.15 Å². The van der Waals surface area contributed by atoms with Gasteiger partial charge >= 0.3 is 11.4 Å². The van der Waals surface area contributed by atoms with Crippen molar-refractivity contribution >= 4 is 148 Å². The number of halogens is 5. The van der Waals surface area contributed by atoms with Crippen LogP contribution < -0.4 is 38.1 Å². The van der Waals surface area contributed by atoms with E-state index in [0.717, 1.165) is 78.4 Å². The zero-order valence-corrected chi connectivity index (χ0v) is 46.0. The number of aliphatic hydroxyl groups excluding tert-OH is 1. The molecule has 6 rings (SSSR count). The quantitative estimate of drug-likeness (QED) is 0.0405. The number of anilines is 6. The average Bonchev–Trinajstić information content (AvgIpc) is 3.18. The van der Waals surface area contributed by atoms with E-state index in [1.165, 1.54) is 37.6 Å². The Hall–Kier alpha value is -1.36. The SMILES string of the molecule is C.C.CC(I)(I)I.CN1CCN(c2nccc(N)c2N)CC1.CN1CCN(c2nccc(N)c2[N+](=O)[O-])CC1.CN1CCNCC1.CO.C[CH-]I.Nc1ccnc(Cl)c1[N+](=O)[O-].[V]. The van der Waals surface area contributed by atoms with Gasteiger partial charge < -0.3 is 80.4 Å². The molecule has 1 radical (unpaired) electrons. The molecule has 3 fully saturated rings. The van der Waals surface area contributed by atoms with E-state index in [9.17, 15) is 20.2 Å². The maximum atomic E-state index is 11.0. The van der Waals surface area contributed by atoms with E-state index < -0.39 is 9.85 Å². The number of alkyl halides is 3. The molecule has 0 spiro atoms. The molecule has 3 aromatic rings. The van der Waals surface area contributed by atoms with Crippen LogP contribution in [0.5, 0.6) is 0 Å². The largest absolute Gasteiger partial charge is 0.400 e. The minimum absolute atomic E-state index is 0. The molecule has 0 unspecified atom stereocenters. The Morgan fingerprint density at radius 1 is 0.698 bits per heavy atom. The van der Waals surface area contributed by atoms with Gasteiger partial charge in [0.1, 0.15) is 10.8 Å². The topological polar surface area (TPSA) is 277 Å². The average molecular weight is 1400 g/mol. The van der Waals surface area contributed by atoms with E-state index in [1.807, 2.05) is 23.3 Å². The summed E-state index contributed by atoms with van der Waals surface area (Å²) in [5.74, 6) is 1.20. The van der Waals surface area contributed by atoms with Crippen LogP contribution in [-0.4, -0.2) is 151 Å². The standard InChI is InChI=1S/C10H15N5O2.C10H17N5.C5H4ClN3O2.C5H12N2.C2H3I3.C2H4I.CH4O.2CH4.V/c1-13-4-6-14(7-5-13)10-9(15(16)17)8(11)2-3-12-10;1-14-4-6-15(7-5-14)10-9(12)8(11)2-3-13-10;6-5-4(9(10)11)3(7)1-2-8-5;1-7-4-2-6-3-5-7;1-2(3,4)5;1-2-3;1-2;;;/h2-3H,4-7H2,1H3,(H2,11,12);2-3H,4-7,12H2,1H3,(H2,11,13);1-2H,(H2,7,8);6H,2-5H2,1H3;1H3;2H,1H3;2H,1H3;2*1H4;/q;;;;;-1;;;;. The molecule has 0 bridgehead atoms. The van der Waals surface area contributed by atoms with Crippen molar-refractivity contribution < 1.29 is 33.5 Å². The molecule has 3 aromatic heterocycles. The number of nitrogens with one attached hydrogen (secondary N) is 1. The molecule has 0 aliphatic carbocycles. The van der Waals surface area contributed by atoms with Crippen LogP contribution in [-0.2, 0) is 18.6 Å². The molecule has 6 heterocycles. The number of likely N-dealkylation sites (N-methyl/N-ethyl adjacent to an activating group) is 3. The van der Waals surface area contributed by atoms with Gasteiger partial charge in [-0.25, -0.2) is 15.0 Å². The Bertz CT molecular complexity index is 1660. The van der Waals surface area contributed by atoms with Crippen LogP contribution in [0.25, 0.3) is 0 Å². The van der Waals surface area contributed by atoms with E-state index in [1.54, 1.807) is 12.3 Å². The number of aliphatic hydroxyl groups is 1. The third kappa shape index (κ3) is 29.1. The van der Waals surface area contributed by atoms with Crippen molar-refractivity contribution in [3.8, 4) is 0 Å². The van der Waals surface area contributed by atoms with Gasteiger partial charge in [-0.05, 0) is 46.3 Å². The van der Waals surface area contributed by atoms with Gasteiger partial charge in [-0.15, -0.1) is 0 Å². The molecule has 3 saturated heterocycles. The minimum atomic E-state index is -0.662. The molecule has 0 atom stereocenters. The van der Waals surface area contributed by atoms with Crippen molar-refractivity contribution in [2.45, 2.75) is 28.1 Å². The number of hydrogen-bond donors (Lipinski definition) is 6. The first-order valence-electron chi connectivity index (χ1n) is 18.3. The number of nitrogens with zero attached hydrogens (tertiary/aromatic N) is 10. The summed E-state index contributed by atoms with van der Waals surface area (Å²) < 4.78 is 2.38. The molecule has 0 amide bonds. The normalized spacial score (nSPS) is 14.7. The van der Waals surface area contributed by atoms with Crippen molar-refractivity contribution in [2.24, 2.45) is 0 Å². The molecule has 0 saturated carbocycles. The Kier molecular flexibility index (Phi) is 40.8. The predicted molar refractivity (Wildman–Crippen MR) is 295 cm³/mol. The number of piperazine rings is 3. The first kappa shape index (κ1) is 68.2. The zero-order chi connectivity index (χ0) is 46.0. The van der Waals surface area contributed by atoms with Gasteiger partial charge in [0.25, 0.3) is 0 Å². The summed E-state index contributed by atoms with van der Waals surface area (Å²) in [6.07, 6.45) is 4.53. The van der Waals surface area contributed by atoms with Crippen molar-refractivity contribution in [1.29, 1.82) is 0 Å². The number of aromatic nitrogens is 3.